The van der Waals surface area contributed by atoms with Crippen LogP contribution in [0.2, 0.25) is 0 Å². The maximum absolute atomic E-state index is 13.7. The van der Waals surface area contributed by atoms with Crippen molar-refractivity contribution in [3.63, 3.8) is 0 Å². The second-order valence-electron chi connectivity index (χ2n) is 19.7. The second kappa shape index (κ2) is 17.2. The summed E-state index contributed by atoms with van der Waals surface area (Å²) in [6.07, 6.45) is 23.8. The van der Waals surface area contributed by atoms with Crippen LogP contribution in [0.4, 0.5) is 9.59 Å². The maximum Gasteiger partial charge on any atom is 0.315 e. The number of fused-ring (bicyclic) bond motifs is 10. The Balaban J connectivity index is 0.718. The highest BCUT2D eigenvalue weighted by molar-refractivity contribution is 5.76. The number of aliphatic hydroxyl groups excluding tert-OH is 1. The lowest BCUT2D eigenvalue weighted by Gasteiger charge is -2.38. The predicted molar refractivity (Wildman–Crippen MR) is 226 cm³/mol. The number of rotatable bonds is 14. The summed E-state index contributed by atoms with van der Waals surface area (Å²) >= 11 is 0. The third-order valence-corrected chi connectivity index (χ3v) is 16.2. The van der Waals surface area contributed by atoms with Gasteiger partial charge < -0.3 is 31.7 Å². The molecular formula is C48H70N6O3. The van der Waals surface area contributed by atoms with Crippen LogP contribution in [0, 0.1) is 17.8 Å². The largest absolute Gasteiger partial charge is 0.394 e. The summed E-state index contributed by atoms with van der Waals surface area (Å²) in [7, 11) is 0. The van der Waals surface area contributed by atoms with Gasteiger partial charge in [-0.15, -0.1) is 0 Å². The van der Waals surface area contributed by atoms with E-state index in [1.165, 1.54) is 81.9 Å². The van der Waals surface area contributed by atoms with Gasteiger partial charge in [0, 0.05) is 42.3 Å². The summed E-state index contributed by atoms with van der Waals surface area (Å²) in [5.41, 5.74) is 5.44. The normalized spacial score (nSPS) is 33.0. The van der Waals surface area contributed by atoms with E-state index < -0.39 is 5.54 Å². The van der Waals surface area contributed by atoms with E-state index in [-0.39, 0.29) is 42.8 Å². The van der Waals surface area contributed by atoms with Crippen LogP contribution in [0.5, 0.6) is 0 Å². The van der Waals surface area contributed by atoms with Crippen molar-refractivity contribution in [2.45, 2.75) is 176 Å². The summed E-state index contributed by atoms with van der Waals surface area (Å²) in [6, 6.07) is 19.7. The van der Waals surface area contributed by atoms with Gasteiger partial charge in [-0.25, -0.2) is 9.59 Å². The number of nitrogens with one attached hydrogen (secondary N) is 5. The molecule has 2 saturated heterocycles. The van der Waals surface area contributed by atoms with E-state index in [9.17, 15) is 14.7 Å². The van der Waals surface area contributed by atoms with Crippen molar-refractivity contribution in [3.05, 3.63) is 70.8 Å². The molecule has 9 heteroatoms. The quantitative estimate of drug-likeness (QED) is 0.115. The highest BCUT2D eigenvalue weighted by Gasteiger charge is 2.48. The van der Waals surface area contributed by atoms with Crippen molar-refractivity contribution in [1.29, 1.82) is 0 Å². The number of urea groups is 2. The zero-order valence-corrected chi connectivity index (χ0v) is 34.4. The van der Waals surface area contributed by atoms with Crippen molar-refractivity contribution < 1.29 is 14.7 Å². The van der Waals surface area contributed by atoms with Gasteiger partial charge in [0.25, 0.3) is 0 Å². The lowest BCUT2D eigenvalue weighted by molar-refractivity contribution is 0.123. The Labute approximate surface area is 341 Å². The first-order chi connectivity index (χ1) is 27.9. The molecule has 0 aromatic heterocycles. The molecule has 57 heavy (non-hydrogen) atoms. The molecule has 2 aromatic carbocycles. The summed E-state index contributed by atoms with van der Waals surface area (Å²) in [4.78, 5) is 29.8. The smallest absolute Gasteiger partial charge is 0.315 e. The van der Waals surface area contributed by atoms with E-state index in [0.29, 0.717) is 42.3 Å². The molecule has 5 fully saturated rings. The molecule has 3 saturated carbocycles. The highest BCUT2D eigenvalue weighted by atomic mass is 16.3. The first kappa shape index (κ1) is 39.3. The molecule has 9 nitrogen and oxygen atoms in total. The number of nitrogens with zero attached hydrogens (tertiary/aromatic N) is 1. The van der Waals surface area contributed by atoms with Gasteiger partial charge in [-0.2, -0.15) is 0 Å². The number of hydrogen-bond donors (Lipinski definition) is 6. The van der Waals surface area contributed by atoms with E-state index in [0.717, 1.165) is 64.2 Å². The predicted octanol–water partition coefficient (Wildman–Crippen LogP) is 8.80. The van der Waals surface area contributed by atoms with E-state index in [4.69, 9.17) is 0 Å². The minimum atomic E-state index is -0.892. The SMILES string of the molecule is O=C(NCC(CO)(CC1CCCCC1)NC(=O)NC1CCC(CCN2[C@@H]3CC[C@H]2c2ccccc23)CC1)NC1CCC(CC[C@]23CC[C@H](N2)c2ccccc23)CC1. The van der Waals surface area contributed by atoms with Gasteiger partial charge in [0.1, 0.15) is 0 Å². The van der Waals surface area contributed by atoms with Crippen molar-refractivity contribution in [1.82, 2.24) is 31.5 Å². The van der Waals surface area contributed by atoms with E-state index in [1.54, 1.807) is 11.1 Å². The molecule has 7 aliphatic rings. The van der Waals surface area contributed by atoms with Crippen molar-refractivity contribution in [2.75, 3.05) is 19.7 Å². The van der Waals surface area contributed by atoms with Crippen molar-refractivity contribution in [3.8, 4) is 0 Å². The number of hydrogen-bond acceptors (Lipinski definition) is 5. The van der Waals surface area contributed by atoms with Crippen LogP contribution < -0.4 is 26.6 Å². The number of carbonyl (C=O) groups excluding carboxylic acids is 2. The van der Waals surface area contributed by atoms with Crippen molar-refractivity contribution >= 4 is 12.1 Å². The lowest BCUT2D eigenvalue weighted by atomic mass is 9.75. The zero-order valence-electron chi connectivity index (χ0n) is 34.4. The Morgan fingerprint density at radius 3 is 1.98 bits per heavy atom. The maximum atomic E-state index is 13.7. The lowest BCUT2D eigenvalue weighted by Crippen LogP contribution is -2.62. The van der Waals surface area contributed by atoms with Gasteiger partial charge in [0.05, 0.1) is 12.1 Å². The summed E-state index contributed by atoms with van der Waals surface area (Å²) in [5.74, 6) is 1.84. The van der Waals surface area contributed by atoms with Gasteiger partial charge in [0.2, 0.25) is 0 Å². The monoisotopic (exact) mass is 779 g/mol. The third kappa shape index (κ3) is 8.50. The molecule has 310 valence electrons. The second-order valence-corrected chi connectivity index (χ2v) is 19.7. The Bertz CT molecular complexity index is 1670. The highest BCUT2D eigenvalue weighted by Crippen LogP contribution is 2.54. The standard InChI is InChI=1S/C48H70N6O3/c55-32-47(30-35-8-2-1-3-9-35,53-46(57)51-37-20-16-34(17-21-37)26-29-54-43-22-23-44(54)39-11-5-4-10-38(39)43)31-49-45(56)50-36-18-14-33(15-19-36)24-27-48-28-25-42(52-48)40-12-6-7-13-41(40)48/h4-7,10-13,33-37,42-44,52,55H,1-3,8-9,14-32H2,(H2,49,50,56)(H2,51,53,57)/t33?,34?,36?,37?,42-,43-,44+,47?,48+/m0/s1. The fourth-order valence-corrected chi connectivity index (χ4v) is 13.0. The van der Waals surface area contributed by atoms with Crippen LogP contribution in [0.1, 0.15) is 175 Å². The summed E-state index contributed by atoms with van der Waals surface area (Å²) < 4.78 is 0. The molecule has 9 rings (SSSR count). The van der Waals surface area contributed by atoms with Crippen LogP contribution in [-0.2, 0) is 5.54 Å². The average molecular weight is 779 g/mol. The fourth-order valence-electron chi connectivity index (χ4n) is 13.0. The molecule has 2 aromatic rings. The summed E-state index contributed by atoms with van der Waals surface area (Å²) in [6.45, 7) is 1.20. The van der Waals surface area contributed by atoms with E-state index in [2.05, 4.69) is 80.0 Å². The topological polar surface area (TPSA) is 118 Å². The molecule has 3 aliphatic carbocycles. The minimum absolute atomic E-state index is 0.144. The number of carbonyl (C=O) groups is 2. The minimum Gasteiger partial charge on any atom is -0.394 e. The van der Waals surface area contributed by atoms with Crippen molar-refractivity contribution in [2.24, 2.45) is 17.8 Å². The molecule has 5 atom stereocenters. The van der Waals surface area contributed by atoms with Gasteiger partial charge in [-0.1, -0.05) is 80.6 Å². The van der Waals surface area contributed by atoms with Crippen LogP contribution in [0.3, 0.4) is 0 Å². The van der Waals surface area contributed by atoms with Gasteiger partial charge in [-0.05, 0) is 149 Å². The van der Waals surface area contributed by atoms with E-state index in [1.807, 2.05) is 0 Å². The van der Waals surface area contributed by atoms with Crippen LogP contribution in [-0.4, -0.2) is 59.4 Å². The van der Waals surface area contributed by atoms with Gasteiger partial charge >= 0.3 is 12.1 Å². The Morgan fingerprint density at radius 1 is 0.702 bits per heavy atom. The van der Waals surface area contributed by atoms with Crippen LogP contribution in [0.25, 0.3) is 0 Å². The third-order valence-electron chi connectivity index (χ3n) is 16.2. The van der Waals surface area contributed by atoms with Crippen LogP contribution >= 0.6 is 0 Å². The molecule has 4 heterocycles. The van der Waals surface area contributed by atoms with E-state index >= 15 is 0 Å². The molecule has 0 spiro atoms. The fraction of sp³-hybridized carbons (Fsp3) is 0.708. The molecular weight excluding hydrogens is 709 g/mol. The molecule has 4 aliphatic heterocycles. The number of aliphatic hydroxyl groups is 1. The molecule has 6 N–H and O–H groups in total. The Hall–Kier alpha value is -3.14. The van der Waals surface area contributed by atoms with Crippen LogP contribution in [0.15, 0.2) is 48.5 Å². The summed E-state index contributed by atoms with van der Waals surface area (Å²) in [5, 5.41) is 27.8. The average Bonchev–Trinajstić information content (AvgIpc) is 4.02. The van der Waals surface area contributed by atoms with Gasteiger partial charge in [0.15, 0.2) is 0 Å². The Kier molecular flexibility index (Phi) is 11.9. The first-order valence-electron chi connectivity index (χ1n) is 23.3. The molecule has 4 bridgehead atoms. The molecule has 0 radical (unpaired) electrons. The zero-order chi connectivity index (χ0) is 38.8. The van der Waals surface area contributed by atoms with Gasteiger partial charge in [-0.3, -0.25) is 4.90 Å². The number of amides is 4. The molecule has 4 amide bonds. The Morgan fingerprint density at radius 2 is 1.32 bits per heavy atom. The first-order valence-corrected chi connectivity index (χ1v) is 23.3. The molecule has 1 unspecified atom stereocenters. The number of benzene rings is 2.